The standard InChI is InChI=1S/C17H20BrNOS/c1-4-12-5-7-13(8-6-12)16(11(2)3)19-17(20)14-9-15(18)21-10-14/h5-11,16H,4H2,1-3H3,(H,19,20). The summed E-state index contributed by atoms with van der Waals surface area (Å²) in [6.45, 7) is 6.40. The number of hydrogen-bond donors (Lipinski definition) is 1. The molecule has 0 saturated heterocycles. The van der Waals surface area contributed by atoms with E-state index in [9.17, 15) is 4.79 Å². The first-order chi connectivity index (χ1) is 10.0. The Labute approximate surface area is 138 Å². The van der Waals surface area contributed by atoms with Crippen molar-refractivity contribution in [3.63, 3.8) is 0 Å². The minimum absolute atomic E-state index is 0.0183. The zero-order valence-electron chi connectivity index (χ0n) is 12.5. The van der Waals surface area contributed by atoms with E-state index < -0.39 is 0 Å². The minimum Gasteiger partial charge on any atom is -0.345 e. The first kappa shape index (κ1) is 16.2. The Morgan fingerprint density at radius 2 is 1.95 bits per heavy atom. The van der Waals surface area contributed by atoms with Crippen LogP contribution in [0.3, 0.4) is 0 Å². The van der Waals surface area contributed by atoms with Gasteiger partial charge in [0.05, 0.1) is 15.4 Å². The molecule has 112 valence electrons. The Morgan fingerprint density at radius 1 is 1.29 bits per heavy atom. The van der Waals surface area contributed by atoms with E-state index in [2.05, 4.69) is 66.3 Å². The zero-order chi connectivity index (χ0) is 15.4. The third kappa shape index (κ3) is 4.17. The molecule has 21 heavy (non-hydrogen) atoms. The number of amides is 1. The third-order valence-corrected chi connectivity index (χ3v) is 5.03. The highest BCUT2D eigenvalue weighted by Gasteiger charge is 2.19. The average molecular weight is 366 g/mol. The summed E-state index contributed by atoms with van der Waals surface area (Å²) < 4.78 is 0.973. The van der Waals surface area contributed by atoms with Crippen molar-refractivity contribution in [1.82, 2.24) is 5.32 Å². The van der Waals surface area contributed by atoms with Crippen LogP contribution in [0.1, 0.15) is 48.3 Å². The Kier molecular flexibility index (Phi) is 5.59. The molecule has 0 saturated carbocycles. The number of thiophene rings is 1. The van der Waals surface area contributed by atoms with E-state index in [0.29, 0.717) is 11.5 Å². The van der Waals surface area contributed by atoms with E-state index in [1.807, 2.05) is 11.4 Å². The van der Waals surface area contributed by atoms with Gasteiger partial charge in [-0.2, -0.15) is 0 Å². The molecule has 2 nitrogen and oxygen atoms in total. The predicted octanol–water partition coefficient (Wildman–Crippen LogP) is 5.20. The molecule has 0 bridgehead atoms. The van der Waals surface area contributed by atoms with E-state index in [1.54, 1.807) is 0 Å². The molecule has 1 aromatic heterocycles. The van der Waals surface area contributed by atoms with E-state index in [0.717, 1.165) is 15.8 Å². The summed E-state index contributed by atoms with van der Waals surface area (Å²) in [5, 5.41) is 5.02. The van der Waals surface area contributed by atoms with Crippen molar-refractivity contribution < 1.29 is 4.79 Å². The SMILES string of the molecule is CCc1ccc(C(NC(=O)c2csc(Br)c2)C(C)C)cc1. The van der Waals surface area contributed by atoms with Crippen molar-refractivity contribution in [2.75, 3.05) is 0 Å². The molecule has 0 aliphatic carbocycles. The highest BCUT2D eigenvalue weighted by molar-refractivity contribution is 9.11. The van der Waals surface area contributed by atoms with Gasteiger partial charge in [0.1, 0.15) is 0 Å². The van der Waals surface area contributed by atoms with Gasteiger partial charge in [-0.3, -0.25) is 4.79 Å². The zero-order valence-corrected chi connectivity index (χ0v) is 14.9. The largest absolute Gasteiger partial charge is 0.345 e. The minimum atomic E-state index is -0.0183. The normalized spacial score (nSPS) is 12.4. The van der Waals surface area contributed by atoms with E-state index in [-0.39, 0.29) is 11.9 Å². The number of hydrogen-bond acceptors (Lipinski definition) is 2. The summed E-state index contributed by atoms with van der Waals surface area (Å²) in [6.07, 6.45) is 1.03. The monoisotopic (exact) mass is 365 g/mol. The molecule has 0 fully saturated rings. The van der Waals surface area contributed by atoms with E-state index >= 15 is 0 Å². The Hall–Kier alpha value is -1.13. The molecule has 1 heterocycles. The lowest BCUT2D eigenvalue weighted by molar-refractivity contribution is 0.0926. The third-order valence-electron chi connectivity index (χ3n) is 3.53. The van der Waals surface area contributed by atoms with Crippen molar-refractivity contribution in [2.45, 2.75) is 33.2 Å². The summed E-state index contributed by atoms with van der Waals surface area (Å²) >= 11 is 4.92. The first-order valence-electron chi connectivity index (χ1n) is 7.15. The van der Waals surface area contributed by atoms with Gasteiger partial charge < -0.3 is 5.32 Å². The maximum atomic E-state index is 12.3. The molecular weight excluding hydrogens is 346 g/mol. The van der Waals surface area contributed by atoms with Crippen LogP contribution in [-0.4, -0.2) is 5.91 Å². The molecule has 2 rings (SSSR count). The Morgan fingerprint density at radius 3 is 2.43 bits per heavy atom. The van der Waals surface area contributed by atoms with Gasteiger partial charge >= 0.3 is 0 Å². The maximum absolute atomic E-state index is 12.3. The van der Waals surface area contributed by atoms with Crippen LogP contribution in [0.4, 0.5) is 0 Å². The second-order valence-electron chi connectivity index (χ2n) is 5.43. The van der Waals surface area contributed by atoms with Gasteiger partial charge in [0, 0.05) is 5.38 Å². The van der Waals surface area contributed by atoms with Gasteiger partial charge in [0.15, 0.2) is 0 Å². The van der Waals surface area contributed by atoms with Gasteiger partial charge in [-0.05, 0) is 45.5 Å². The van der Waals surface area contributed by atoms with Crippen LogP contribution in [0.5, 0.6) is 0 Å². The summed E-state index contributed by atoms with van der Waals surface area (Å²) in [5.41, 5.74) is 3.18. The fourth-order valence-electron chi connectivity index (χ4n) is 2.25. The number of rotatable bonds is 5. The average Bonchev–Trinajstić information content (AvgIpc) is 2.91. The fraction of sp³-hybridized carbons (Fsp3) is 0.353. The molecule has 0 spiro atoms. The lowest BCUT2D eigenvalue weighted by atomic mass is 9.94. The number of aryl methyl sites for hydroxylation is 1. The van der Waals surface area contributed by atoms with Gasteiger partial charge in [-0.1, -0.05) is 45.0 Å². The predicted molar refractivity (Wildman–Crippen MR) is 92.9 cm³/mol. The van der Waals surface area contributed by atoms with E-state index in [1.165, 1.54) is 16.9 Å². The molecule has 1 amide bonds. The van der Waals surface area contributed by atoms with Gasteiger partial charge in [-0.25, -0.2) is 0 Å². The molecule has 1 atom stereocenters. The highest BCUT2D eigenvalue weighted by atomic mass is 79.9. The van der Waals surface area contributed by atoms with Gasteiger partial charge in [0.2, 0.25) is 0 Å². The molecule has 0 radical (unpaired) electrons. The summed E-state index contributed by atoms with van der Waals surface area (Å²) in [7, 11) is 0. The first-order valence-corrected chi connectivity index (χ1v) is 8.82. The second kappa shape index (κ2) is 7.23. The second-order valence-corrected chi connectivity index (χ2v) is 7.72. The maximum Gasteiger partial charge on any atom is 0.252 e. The van der Waals surface area contributed by atoms with Crippen LogP contribution in [0.2, 0.25) is 0 Å². The van der Waals surface area contributed by atoms with Crippen molar-refractivity contribution >= 4 is 33.2 Å². The van der Waals surface area contributed by atoms with E-state index in [4.69, 9.17) is 0 Å². The van der Waals surface area contributed by atoms with Crippen LogP contribution < -0.4 is 5.32 Å². The summed E-state index contributed by atoms with van der Waals surface area (Å²) in [4.78, 5) is 12.3. The van der Waals surface area contributed by atoms with Crippen LogP contribution >= 0.6 is 27.3 Å². The lowest BCUT2D eigenvalue weighted by Crippen LogP contribution is -2.31. The van der Waals surface area contributed by atoms with Crippen molar-refractivity contribution in [1.29, 1.82) is 0 Å². The van der Waals surface area contributed by atoms with Crippen LogP contribution in [0.25, 0.3) is 0 Å². The van der Waals surface area contributed by atoms with Crippen LogP contribution in [0.15, 0.2) is 39.5 Å². The highest BCUT2D eigenvalue weighted by Crippen LogP contribution is 2.25. The van der Waals surface area contributed by atoms with Crippen molar-refractivity contribution in [2.24, 2.45) is 5.92 Å². The molecule has 0 aliphatic rings. The number of halogens is 1. The number of benzene rings is 1. The Balaban J connectivity index is 2.16. The lowest BCUT2D eigenvalue weighted by Gasteiger charge is -2.23. The van der Waals surface area contributed by atoms with Crippen LogP contribution in [-0.2, 0) is 6.42 Å². The smallest absolute Gasteiger partial charge is 0.252 e. The topological polar surface area (TPSA) is 29.1 Å². The van der Waals surface area contributed by atoms with Crippen molar-refractivity contribution in [3.8, 4) is 0 Å². The summed E-state index contributed by atoms with van der Waals surface area (Å²) in [5.74, 6) is 0.318. The molecular formula is C17H20BrNOS. The van der Waals surface area contributed by atoms with Gasteiger partial charge in [0.25, 0.3) is 5.91 Å². The van der Waals surface area contributed by atoms with Gasteiger partial charge in [-0.15, -0.1) is 11.3 Å². The Bertz CT molecular complexity index is 604. The molecule has 2 aromatic rings. The molecule has 0 aliphatic heterocycles. The van der Waals surface area contributed by atoms with Crippen molar-refractivity contribution in [3.05, 3.63) is 56.2 Å². The number of carbonyl (C=O) groups excluding carboxylic acids is 1. The molecule has 1 unspecified atom stereocenters. The number of nitrogens with one attached hydrogen (secondary N) is 1. The molecule has 4 heteroatoms. The molecule has 1 aromatic carbocycles. The number of carbonyl (C=O) groups is 1. The van der Waals surface area contributed by atoms with Crippen LogP contribution in [0, 0.1) is 5.92 Å². The summed E-state index contributed by atoms with van der Waals surface area (Å²) in [6, 6.07) is 10.4. The molecule has 1 N–H and O–H groups in total. The fourth-order valence-corrected chi connectivity index (χ4v) is 3.39. The quantitative estimate of drug-likeness (QED) is 0.774.